The highest BCUT2D eigenvalue weighted by molar-refractivity contribution is 5.39. The van der Waals surface area contributed by atoms with E-state index in [1.54, 1.807) is 0 Å². The molecule has 1 N–H and O–H groups in total. The van der Waals surface area contributed by atoms with Crippen molar-refractivity contribution in [2.45, 2.75) is 51.0 Å². The van der Waals surface area contributed by atoms with Gasteiger partial charge >= 0.3 is 0 Å². The average molecular weight is 260 g/mol. The van der Waals surface area contributed by atoms with Crippen molar-refractivity contribution in [3.8, 4) is 0 Å². The van der Waals surface area contributed by atoms with Crippen LogP contribution in [0.5, 0.6) is 0 Å². The minimum atomic E-state index is -0.0760. The smallest absolute Gasteiger partial charge is 0.0588 e. The zero-order chi connectivity index (χ0) is 13.5. The van der Waals surface area contributed by atoms with Crippen molar-refractivity contribution in [2.75, 3.05) is 13.2 Å². The van der Waals surface area contributed by atoms with Gasteiger partial charge in [-0.1, -0.05) is 23.8 Å². The van der Waals surface area contributed by atoms with E-state index in [4.69, 9.17) is 4.74 Å². The Morgan fingerprint density at radius 1 is 1.11 bits per heavy atom. The first-order valence-corrected chi connectivity index (χ1v) is 7.45. The molecule has 1 aromatic carbocycles. The molecule has 19 heavy (non-hydrogen) atoms. The van der Waals surface area contributed by atoms with Crippen LogP contribution < -0.4 is 0 Å². The Morgan fingerprint density at radius 2 is 1.79 bits per heavy atom. The Balaban J connectivity index is 1.92. The molecule has 2 nitrogen and oxygen atoms in total. The molecule has 2 aliphatic rings. The highest BCUT2D eigenvalue weighted by Crippen LogP contribution is 2.47. The minimum absolute atomic E-state index is 0.0760. The number of aliphatic hydroxyl groups excluding tert-OH is 1. The predicted molar refractivity (Wildman–Crippen MR) is 76.4 cm³/mol. The van der Waals surface area contributed by atoms with Gasteiger partial charge < -0.3 is 9.84 Å². The third kappa shape index (κ3) is 2.21. The van der Waals surface area contributed by atoms with E-state index >= 15 is 0 Å². The van der Waals surface area contributed by atoms with Crippen LogP contribution >= 0.6 is 0 Å². The fourth-order valence-corrected chi connectivity index (χ4v) is 3.83. The van der Waals surface area contributed by atoms with Crippen molar-refractivity contribution in [1.82, 2.24) is 0 Å². The summed E-state index contributed by atoms with van der Waals surface area (Å²) in [7, 11) is 0. The van der Waals surface area contributed by atoms with Crippen LogP contribution in [-0.2, 0) is 10.2 Å². The van der Waals surface area contributed by atoms with Crippen LogP contribution in [-0.4, -0.2) is 24.4 Å². The van der Waals surface area contributed by atoms with Gasteiger partial charge in [-0.3, -0.25) is 0 Å². The van der Waals surface area contributed by atoms with Gasteiger partial charge in [-0.2, -0.15) is 0 Å². The summed E-state index contributed by atoms with van der Waals surface area (Å²) in [4.78, 5) is 0. The molecule has 1 saturated carbocycles. The van der Waals surface area contributed by atoms with Gasteiger partial charge in [-0.25, -0.2) is 0 Å². The Hall–Kier alpha value is -0.860. The molecule has 0 spiro atoms. The summed E-state index contributed by atoms with van der Waals surface area (Å²) in [6.07, 6.45) is 4.11. The molecule has 1 aliphatic heterocycles. The Labute approximate surface area is 115 Å². The van der Waals surface area contributed by atoms with Crippen molar-refractivity contribution < 1.29 is 9.84 Å². The van der Waals surface area contributed by atoms with E-state index in [9.17, 15) is 5.11 Å². The first-order chi connectivity index (χ1) is 9.12. The summed E-state index contributed by atoms with van der Waals surface area (Å²) in [6, 6.07) is 6.78. The van der Waals surface area contributed by atoms with Gasteiger partial charge in [0.15, 0.2) is 0 Å². The van der Waals surface area contributed by atoms with Gasteiger partial charge in [-0.15, -0.1) is 0 Å². The van der Waals surface area contributed by atoms with Crippen LogP contribution in [0.25, 0.3) is 0 Å². The fourth-order valence-electron chi connectivity index (χ4n) is 3.83. The maximum atomic E-state index is 9.72. The maximum absolute atomic E-state index is 9.72. The van der Waals surface area contributed by atoms with Crippen molar-refractivity contribution in [1.29, 1.82) is 0 Å². The van der Waals surface area contributed by atoms with Gasteiger partial charge in [0.2, 0.25) is 0 Å². The standard InChI is InChI=1S/C17H24O2/c1-12-3-4-13(2)16(9-12)17(10-19-11-17)14-5-7-15(18)8-6-14/h3-4,9,14-15,18H,5-8,10-11H2,1-2H3. The summed E-state index contributed by atoms with van der Waals surface area (Å²) in [5.74, 6) is 0.671. The van der Waals surface area contributed by atoms with Crippen LogP contribution in [0.2, 0.25) is 0 Å². The summed E-state index contributed by atoms with van der Waals surface area (Å²) in [6.45, 7) is 6.10. The molecule has 0 atom stereocenters. The van der Waals surface area contributed by atoms with Crippen LogP contribution in [0.15, 0.2) is 18.2 Å². The molecule has 0 unspecified atom stereocenters. The number of hydrogen-bond donors (Lipinski definition) is 1. The Morgan fingerprint density at radius 3 is 2.37 bits per heavy atom. The Bertz CT molecular complexity index is 454. The second kappa shape index (κ2) is 4.92. The molecular weight excluding hydrogens is 236 g/mol. The minimum Gasteiger partial charge on any atom is -0.393 e. The maximum Gasteiger partial charge on any atom is 0.0588 e. The lowest BCUT2D eigenvalue weighted by Crippen LogP contribution is -2.53. The molecular formula is C17H24O2. The average Bonchev–Trinajstić information content (AvgIpc) is 2.34. The van der Waals surface area contributed by atoms with E-state index in [1.807, 2.05) is 0 Å². The number of rotatable bonds is 2. The van der Waals surface area contributed by atoms with Gasteiger partial charge in [0.1, 0.15) is 0 Å². The van der Waals surface area contributed by atoms with E-state index in [2.05, 4.69) is 32.0 Å². The van der Waals surface area contributed by atoms with Gasteiger partial charge in [0.05, 0.1) is 19.3 Å². The Kier molecular flexibility index (Phi) is 3.40. The second-order valence-electron chi connectivity index (χ2n) is 6.47. The van der Waals surface area contributed by atoms with Gasteiger partial charge in [0, 0.05) is 5.41 Å². The van der Waals surface area contributed by atoms with E-state index in [-0.39, 0.29) is 11.5 Å². The fraction of sp³-hybridized carbons (Fsp3) is 0.647. The van der Waals surface area contributed by atoms with Crippen molar-refractivity contribution in [3.63, 3.8) is 0 Å². The van der Waals surface area contributed by atoms with Crippen LogP contribution in [0.1, 0.15) is 42.4 Å². The molecule has 0 bridgehead atoms. The molecule has 1 aliphatic carbocycles. The number of benzene rings is 1. The normalized spacial score (nSPS) is 29.8. The van der Waals surface area contributed by atoms with E-state index in [1.165, 1.54) is 16.7 Å². The van der Waals surface area contributed by atoms with Crippen molar-refractivity contribution in [2.24, 2.45) is 5.92 Å². The summed E-state index contributed by atoms with van der Waals surface area (Å²) in [5.41, 5.74) is 4.43. The zero-order valence-corrected chi connectivity index (χ0v) is 12.0. The molecule has 0 aromatic heterocycles. The molecule has 0 radical (unpaired) electrons. The third-order valence-electron chi connectivity index (χ3n) is 5.13. The summed E-state index contributed by atoms with van der Waals surface area (Å²) < 4.78 is 5.61. The lowest BCUT2D eigenvalue weighted by molar-refractivity contribution is -0.103. The zero-order valence-electron chi connectivity index (χ0n) is 12.0. The SMILES string of the molecule is Cc1ccc(C)c(C2(C3CCC(O)CC3)COC2)c1. The lowest BCUT2D eigenvalue weighted by atomic mass is 9.62. The predicted octanol–water partition coefficient (Wildman–Crippen LogP) is 3.12. The monoisotopic (exact) mass is 260 g/mol. The lowest BCUT2D eigenvalue weighted by Gasteiger charge is -2.50. The quantitative estimate of drug-likeness (QED) is 0.885. The third-order valence-corrected chi connectivity index (χ3v) is 5.13. The molecule has 3 rings (SSSR count). The molecule has 1 saturated heterocycles. The highest BCUT2D eigenvalue weighted by Gasteiger charge is 2.48. The van der Waals surface area contributed by atoms with Crippen LogP contribution in [0, 0.1) is 19.8 Å². The first-order valence-electron chi connectivity index (χ1n) is 7.45. The van der Waals surface area contributed by atoms with Crippen LogP contribution in [0.3, 0.4) is 0 Å². The van der Waals surface area contributed by atoms with Gasteiger partial charge in [0.25, 0.3) is 0 Å². The largest absolute Gasteiger partial charge is 0.393 e. The van der Waals surface area contributed by atoms with Crippen molar-refractivity contribution in [3.05, 3.63) is 34.9 Å². The number of aryl methyl sites for hydroxylation is 2. The highest BCUT2D eigenvalue weighted by atomic mass is 16.5. The number of ether oxygens (including phenoxy) is 1. The molecule has 1 aromatic rings. The first kappa shape index (κ1) is 13.1. The van der Waals surface area contributed by atoms with Crippen molar-refractivity contribution >= 4 is 0 Å². The summed E-state index contributed by atoms with van der Waals surface area (Å²) in [5, 5.41) is 9.72. The topological polar surface area (TPSA) is 29.5 Å². The summed E-state index contributed by atoms with van der Waals surface area (Å²) >= 11 is 0. The molecule has 1 heterocycles. The number of aliphatic hydroxyl groups is 1. The van der Waals surface area contributed by atoms with Gasteiger partial charge in [-0.05, 0) is 56.6 Å². The molecule has 0 amide bonds. The second-order valence-corrected chi connectivity index (χ2v) is 6.47. The van der Waals surface area contributed by atoms with Crippen LogP contribution in [0.4, 0.5) is 0 Å². The number of hydrogen-bond acceptors (Lipinski definition) is 2. The van der Waals surface area contributed by atoms with E-state index in [0.29, 0.717) is 5.92 Å². The van der Waals surface area contributed by atoms with E-state index < -0.39 is 0 Å². The molecule has 104 valence electrons. The molecule has 2 heteroatoms. The molecule has 2 fully saturated rings. The van der Waals surface area contributed by atoms with E-state index in [0.717, 1.165) is 38.9 Å².